The largest absolute Gasteiger partial charge is 0.488 e. The van der Waals surface area contributed by atoms with E-state index in [1.165, 1.54) is 60.5 Å². The molecule has 1 aliphatic heterocycles. The molecule has 3 aromatic rings. The van der Waals surface area contributed by atoms with Gasteiger partial charge in [0.1, 0.15) is 11.9 Å². The number of carbonyl (C=O) groups is 1. The summed E-state index contributed by atoms with van der Waals surface area (Å²) in [5, 5.41) is 4.16. The number of hydrogen-bond acceptors (Lipinski definition) is 9. The third-order valence-electron chi connectivity index (χ3n) is 5.36. The number of ether oxygens (including phenoxy) is 1. The second kappa shape index (κ2) is 9.10. The topological polar surface area (TPSA) is 124 Å². The lowest BCUT2D eigenvalue weighted by atomic mass is 10.1. The highest BCUT2D eigenvalue weighted by molar-refractivity contribution is 7.90. The first-order valence-corrected chi connectivity index (χ1v) is 12.2. The lowest BCUT2D eigenvalue weighted by molar-refractivity contribution is 0.101. The Balaban J connectivity index is 1.38. The molecule has 0 atom stereocenters. The highest BCUT2D eigenvalue weighted by Gasteiger charge is 2.23. The fraction of sp³-hybridized carbons (Fsp3) is 0.318. The van der Waals surface area contributed by atoms with Crippen LogP contribution in [0, 0.1) is 0 Å². The maximum Gasteiger partial charge on any atom is 0.275 e. The van der Waals surface area contributed by atoms with Gasteiger partial charge in [0.2, 0.25) is 5.95 Å². The molecule has 1 saturated heterocycles. The fourth-order valence-corrected chi connectivity index (χ4v) is 4.15. The number of Topliss-reactive ketones (excluding diaryl/α,β-unsaturated/α-hetero) is 1. The zero-order valence-corrected chi connectivity index (χ0v) is 19.0. The van der Waals surface area contributed by atoms with Crippen LogP contribution >= 0.6 is 0 Å². The van der Waals surface area contributed by atoms with E-state index in [0.29, 0.717) is 48.9 Å². The number of anilines is 1. The Morgan fingerprint density at radius 2 is 1.70 bits per heavy atom. The Hall–Kier alpha value is -3.60. The maximum absolute atomic E-state index is 12.5. The zero-order valence-electron chi connectivity index (χ0n) is 18.2. The van der Waals surface area contributed by atoms with Crippen molar-refractivity contribution in [3.05, 3.63) is 64.8 Å². The van der Waals surface area contributed by atoms with Crippen LogP contribution in [-0.2, 0) is 9.84 Å². The number of benzene rings is 1. The molecule has 3 heterocycles. The summed E-state index contributed by atoms with van der Waals surface area (Å²) < 4.78 is 30.3. The molecular weight excluding hydrogens is 446 g/mol. The first-order valence-electron chi connectivity index (χ1n) is 10.4. The van der Waals surface area contributed by atoms with Crippen LogP contribution < -0.4 is 15.2 Å². The Morgan fingerprint density at radius 1 is 1.06 bits per heavy atom. The van der Waals surface area contributed by atoms with Gasteiger partial charge in [0.15, 0.2) is 15.6 Å². The quantitative estimate of drug-likeness (QED) is 0.496. The van der Waals surface area contributed by atoms with Crippen LogP contribution in [0.2, 0.25) is 0 Å². The molecule has 1 aliphatic rings. The average molecular weight is 470 g/mol. The van der Waals surface area contributed by atoms with Gasteiger partial charge in [0.05, 0.1) is 22.3 Å². The van der Waals surface area contributed by atoms with E-state index in [2.05, 4.69) is 15.1 Å². The molecule has 172 valence electrons. The summed E-state index contributed by atoms with van der Waals surface area (Å²) in [6.07, 6.45) is 7.01. The number of carbonyl (C=O) groups excluding carboxylic acids is 1. The summed E-state index contributed by atoms with van der Waals surface area (Å²) in [6.45, 7) is 2.84. The SMILES string of the molecule is CC(=O)c1cnc(N2CCC(Oc3cnn(-c4ccc(S(C)(=O)=O)cc4)c(=O)c3)CC2)nc1. The van der Waals surface area contributed by atoms with E-state index in [1.54, 1.807) is 0 Å². The molecule has 4 rings (SSSR count). The molecule has 0 unspecified atom stereocenters. The van der Waals surface area contributed by atoms with Crippen LogP contribution in [-0.4, -0.2) is 59.4 Å². The molecule has 0 spiro atoms. The van der Waals surface area contributed by atoms with E-state index < -0.39 is 9.84 Å². The fourth-order valence-electron chi connectivity index (χ4n) is 3.52. The molecule has 2 aromatic heterocycles. The number of nitrogens with zero attached hydrogens (tertiary/aromatic N) is 5. The summed E-state index contributed by atoms with van der Waals surface area (Å²) in [7, 11) is -3.31. The van der Waals surface area contributed by atoms with Gasteiger partial charge in [-0.15, -0.1) is 0 Å². The molecule has 0 bridgehead atoms. The summed E-state index contributed by atoms with van der Waals surface area (Å²) in [6, 6.07) is 7.31. The molecule has 1 fully saturated rings. The third kappa shape index (κ3) is 5.25. The number of piperidine rings is 1. The third-order valence-corrected chi connectivity index (χ3v) is 6.49. The van der Waals surface area contributed by atoms with Crippen LogP contribution in [0.3, 0.4) is 0 Å². The van der Waals surface area contributed by atoms with Gasteiger partial charge < -0.3 is 9.64 Å². The number of rotatable bonds is 6. The lowest BCUT2D eigenvalue weighted by Crippen LogP contribution is -2.39. The molecule has 0 N–H and O–H groups in total. The second-order valence-corrected chi connectivity index (χ2v) is 9.86. The standard InChI is InChI=1S/C22H23N5O5S/c1-15(28)16-12-23-22(24-13-16)26-9-7-18(8-10-26)32-19-11-21(29)27(25-14-19)17-3-5-20(6-4-17)33(2,30)31/h3-6,11-14,18H,7-10H2,1-2H3. The smallest absolute Gasteiger partial charge is 0.275 e. The van der Waals surface area contributed by atoms with Gasteiger partial charge in [0.25, 0.3) is 5.56 Å². The van der Waals surface area contributed by atoms with Crippen molar-refractivity contribution < 1.29 is 17.9 Å². The van der Waals surface area contributed by atoms with Gasteiger partial charge in [-0.05, 0) is 31.2 Å². The van der Waals surface area contributed by atoms with Crippen LogP contribution in [0.5, 0.6) is 5.75 Å². The van der Waals surface area contributed by atoms with Gasteiger partial charge in [-0.25, -0.2) is 18.4 Å². The molecule has 10 nitrogen and oxygen atoms in total. The molecular formula is C22H23N5O5S. The average Bonchev–Trinajstić information content (AvgIpc) is 2.79. The minimum Gasteiger partial charge on any atom is -0.488 e. The predicted molar refractivity (Wildman–Crippen MR) is 121 cm³/mol. The van der Waals surface area contributed by atoms with Crippen molar-refractivity contribution in [3.63, 3.8) is 0 Å². The van der Waals surface area contributed by atoms with E-state index >= 15 is 0 Å². The molecule has 1 aromatic carbocycles. The highest BCUT2D eigenvalue weighted by atomic mass is 32.2. The van der Waals surface area contributed by atoms with Crippen LogP contribution in [0.4, 0.5) is 5.95 Å². The van der Waals surface area contributed by atoms with Crippen molar-refractivity contribution in [3.8, 4) is 11.4 Å². The van der Waals surface area contributed by atoms with Crippen LogP contribution in [0.25, 0.3) is 5.69 Å². The van der Waals surface area contributed by atoms with Crippen molar-refractivity contribution >= 4 is 21.6 Å². The maximum atomic E-state index is 12.5. The minimum absolute atomic E-state index is 0.0740. The predicted octanol–water partition coefficient (Wildman–Crippen LogP) is 1.68. The number of sulfone groups is 1. The highest BCUT2D eigenvalue weighted by Crippen LogP contribution is 2.20. The molecule has 0 saturated carbocycles. The van der Waals surface area contributed by atoms with E-state index in [1.807, 2.05) is 4.90 Å². The van der Waals surface area contributed by atoms with Crippen molar-refractivity contribution in [1.29, 1.82) is 0 Å². The van der Waals surface area contributed by atoms with E-state index in [9.17, 15) is 18.0 Å². The summed E-state index contributed by atoms with van der Waals surface area (Å²) >= 11 is 0. The van der Waals surface area contributed by atoms with E-state index in [-0.39, 0.29) is 22.3 Å². The molecule has 11 heteroatoms. The molecule has 0 radical (unpaired) electrons. The van der Waals surface area contributed by atoms with Gasteiger partial charge in [-0.1, -0.05) is 0 Å². The summed E-state index contributed by atoms with van der Waals surface area (Å²) in [5.74, 6) is 0.879. The Morgan fingerprint density at radius 3 is 2.24 bits per heavy atom. The lowest BCUT2D eigenvalue weighted by Gasteiger charge is -2.32. The number of hydrogen-bond donors (Lipinski definition) is 0. The van der Waals surface area contributed by atoms with Gasteiger partial charge >= 0.3 is 0 Å². The molecule has 33 heavy (non-hydrogen) atoms. The zero-order chi connectivity index (χ0) is 23.6. The van der Waals surface area contributed by atoms with Gasteiger partial charge in [-0.2, -0.15) is 9.78 Å². The van der Waals surface area contributed by atoms with Crippen molar-refractivity contribution in [1.82, 2.24) is 19.7 Å². The van der Waals surface area contributed by atoms with Crippen LogP contribution in [0.1, 0.15) is 30.1 Å². The minimum atomic E-state index is -3.31. The first kappa shape index (κ1) is 22.6. The summed E-state index contributed by atoms with van der Waals surface area (Å²) in [4.78, 5) is 34.6. The Bertz CT molecular complexity index is 1310. The monoisotopic (exact) mass is 469 g/mol. The normalized spacial score (nSPS) is 14.8. The second-order valence-electron chi connectivity index (χ2n) is 7.84. The van der Waals surface area contributed by atoms with Gasteiger partial charge in [-0.3, -0.25) is 9.59 Å². The molecule has 0 aliphatic carbocycles. The van der Waals surface area contributed by atoms with E-state index in [4.69, 9.17) is 4.74 Å². The van der Waals surface area contributed by atoms with Crippen molar-refractivity contribution in [2.45, 2.75) is 30.8 Å². The summed E-state index contributed by atoms with van der Waals surface area (Å²) in [5.41, 5.74) is 0.560. The Labute approximate surface area is 190 Å². The van der Waals surface area contributed by atoms with Gasteiger partial charge in [0, 0.05) is 50.6 Å². The molecule has 0 amide bonds. The van der Waals surface area contributed by atoms with Crippen LogP contribution in [0.15, 0.2) is 58.6 Å². The first-order chi connectivity index (χ1) is 15.7. The van der Waals surface area contributed by atoms with Crippen molar-refractivity contribution in [2.75, 3.05) is 24.2 Å². The van der Waals surface area contributed by atoms with Crippen molar-refractivity contribution in [2.24, 2.45) is 0 Å². The Kier molecular flexibility index (Phi) is 6.23. The number of aromatic nitrogens is 4. The number of ketones is 1. The van der Waals surface area contributed by atoms with E-state index in [0.717, 1.165) is 6.26 Å².